The molecule has 0 heterocycles. The van der Waals surface area contributed by atoms with Gasteiger partial charge in [-0.15, -0.1) is 0 Å². The third-order valence-corrected chi connectivity index (χ3v) is 2.37. The van der Waals surface area contributed by atoms with Gasteiger partial charge in [0.25, 0.3) is 0 Å². The van der Waals surface area contributed by atoms with E-state index in [1.807, 2.05) is 0 Å². The maximum Gasteiger partial charge on any atom is 0.123 e. The minimum atomic E-state index is -0.305. The zero-order valence-electron chi connectivity index (χ0n) is 9.91. The van der Waals surface area contributed by atoms with Gasteiger partial charge in [0.05, 0.1) is 6.10 Å². The Balaban J connectivity index is 2.22. The molecule has 1 atom stereocenters. The van der Waals surface area contributed by atoms with Crippen molar-refractivity contribution < 1.29 is 9.50 Å². The summed E-state index contributed by atoms with van der Waals surface area (Å²) >= 11 is 0. The molecule has 1 aromatic carbocycles. The molecule has 0 aliphatic rings. The SMILES string of the molecule is CC(C)CC(O)CNCc1ccc(F)cc1. The monoisotopic (exact) mass is 225 g/mol. The summed E-state index contributed by atoms with van der Waals surface area (Å²) in [5.41, 5.74) is 1.03. The van der Waals surface area contributed by atoms with E-state index in [0.717, 1.165) is 12.0 Å². The molecule has 0 aliphatic carbocycles. The minimum absolute atomic E-state index is 0.219. The molecule has 2 nitrogen and oxygen atoms in total. The highest BCUT2D eigenvalue weighted by Crippen LogP contribution is 2.05. The Bertz CT molecular complexity index is 297. The first kappa shape index (κ1) is 13.1. The van der Waals surface area contributed by atoms with E-state index in [1.54, 1.807) is 12.1 Å². The normalized spacial score (nSPS) is 13.1. The van der Waals surface area contributed by atoms with Crippen molar-refractivity contribution in [3.8, 4) is 0 Å². The molecular formula is C13H20FNO. The van der Waals surface area contributed by atoms with E-state index in [9.17, 15) is 9.50 Å². The van der Waals surface area contributed by atoms with Crippen LogP contribution in [0.2, 0.25) is 0 Å². The smallest absolute Gasteiger partial charge is 0.123 e. The molecule has 0 bridgehead atoms. The predicted octanol–water partition coefficient (Wildman–Crippen LogP) is 2.32. The van der Waals surface area contributed by atoms with Crippen molar-refractivity contribution in [2.75, 3.05) is 6.54 Å². The molecule has 3 heteroatoms. The third-order valence-electron chi connectivity index (χ3n) is 2.37. The molecule has 0 amide bonds. The molecule has 1 rings (SSSR count). The molecule has 90 valence electrons. The van der Waals surface area contributed by atoms with Crippen LogP contribution in [0.4, 0.5) is 4.39 Å². The van der Waals surface area contributed by atoms with Gasteiger partial charge in [0.15, 0.2) is 0 Å². The Kier molecular flexibility index (Phi) is 5.43. The van der Waals surface area contributed by atoms with Crippen molar-refractivity contribution in [2.45, 2.75) is 32.9 Å². The third kappa shape index (κ3) is 5.24. The summed E-state index contributed by atoms with van der Waals surface area (Å²) in [6.45, 7) is 5.41. The molecular weight excluding hydrogens is 205 g/mol. The lowest BCUT2D eigenvalue weighted by atomic mass is 10.1. The molecule has 0 saturated heterocycles. The van der Waals surface area contributed by atoms with Gasteiger partial charge in [-0.2, -0.15) is 0 Å². The summed E-state index contributed by atoms with van der Waals surface area (Å²) in [5.74, 6) is 0.284. The average Bonchev–Trinajstić information content (AvgIpc) is 2.20. The van der Waals surface area contributed by atoms with E-state index in [4.69, 9.17) is 0 Å². The molecule has 0 spiro atoms. The maximum atomic E-state index is 12.6. The summed E-state index contributed by atoms with van der Waals surface area (Å²) in [7, 11) is 0. The number of nitrogens with one attached hydrogen (secondary N) is 1. The molecule has 2 N–H and O–H groups in total. The van der Waals surface area contributed by atoms with Crippen LogP contribution < -0.4 is 5.32 Å². The van der Waals surface area contributed by atoms with Crippen molar-refractivity contribution >= 4 is 0 Å². The number of aliphatic hydroxyl groups is 1. The Morgan fingerprint density at radius 3 is 2.44 bits per heavy atom. The molecule has 0 fully saturated rings. The van der Waals surface area contributed by atoms with Crippen LogP contribution >= 0.6 is 0 Å². The summed E-state index contributed by atoms with van der Waals surface area (Å²) < 4.78 is 12.6. The van der Waals surface area contributed by atoms with Gasteiger partial charge in [-0.1, -0.05) is 26.0 Å². The zero-order chi connectivity index (χ0) is 12.0. The van der Waals surface area contributed by atoms with E-state index in [2.05, 4.69) is 19.2 Å². The molecule has 1 unspecified atom stereocenters. The second-order valence-corrected chi connectivity index (χ2v) is 4.54. The van der Waals surface area contributed by atoms with Crippen molar-refractivity contribution in [2.24, 2.45) is 5.92 Å². The van der Waals surface area contributed by atoms with E-state index in [-0.39, 0.29) is 11.9 Å². The number of hydrogen-bond acceptors (Lipinski definition) is 2. The first-order valence-electron chi connectivity index (χ1n) is 5.71. The molecule has 16 heavy (non-hydrogen) atoms. The van der Waals surface area contributed by atoms with Crippen molar-refractivity contribution in [3.05, 3.63) is 35.6 Å². The lowest BCUT2D eigenvalue weighted by molar-refractivity contribution is 0.146. The second-order valence-electron chi connectivity index (χ2n) is 4.54. The van der Waals surface area contributed by atoms with Crippen molar-refractivity contribution in [3.63, 3.8) is 0 Å². The van der Waals surface area contributed by atoms with E-state index in [1.165, 1.54) is 12.1 Å². The lowest BCUT2D eigenvalue weighted by Crippen LogP contribution is -2.27. The lowest BCUT2D eigenvalue weighted by Gasteiger charge is -2.13. The fourth-order valence-corrected chi connectivity index (χ4v) is 1.61. The van der Waals surface area contributed by atoms with Crippen LogP contribution in [0.1, 0.15) is 25.8 Å². The van der Waals surface area contributed by atoms with Crippen LogP contribution in [0, 0.1) is 11.7 Å². The van der Waals surface area contributed by atoms with E-state index < -0.39 is 0 Å². The van der Waals surface area contributed by atoms with Crippen LogP contribution in [0.5, 0.6) is 0 Å². The zero-order valence-corrected chi connectivity index (χ0v) is 9.91. The first-order valence-corrected chi connectivity index (χ1v) is 5.71. The number of rotatable bonds is 6. The van der Waals surface area contributed by atoms with Crippen molar-refractivity contribution in [1.29, 1.82) is 0 Å². The highest BCUT2D eigenvalue weighted by Gasteiger charge is 2.05. The fourth-order valence-electron chi connectivity index (χ4n) is 1.61. The van der Waals surface area contributed by atoms with Gasteiger partial charge in [0.2, 0.25) is 0 Å². The number of halogens is 1. The van der Waals surface area contributed by atoms with E-state index in [0.29, 0.717) is 19.0 Å². The van der Waals surface area contributed by atoms with Crippen molar-refractivity contribution in [1.82, 2.24) is 5.32 Å². The topological polar surface area (TPSA) is 32.3 Å². The average molecular weight is 225 g/mol. The summed E-state index contributed by atoms with van der Waals surface area (Å²) in [6, 6.07) is 6.39. The Morgan fingerprint density at radius 2 is 1.88 bits per heavy atom. The van der Waals surface area contributed by atoms with E-state index >= 15 is 0 Å². The second kappa shape index (κ2) is 6.61. The fraction of sp³-hybridized carbons (Fsp3) is 0.538. The van der Waals surface area contributed by atoms with Crippen LogP contribution in [0.25, 0.3) is 0 Å². The first-order chi connectivity index (χ1) is 7.58. The maximum absolute atomic E-state index is 12.6. The molecule has 0 radical (unpaired) electrons. The predicted molar refractivity (Wildman–Crippen MR) is 63.6 cm³/mol. The Hall–Kier alpha value is -0.930. The minimum Gasteiger partial charge on any atom is -0.392 e. The largest absolute Gasteiger partial charge is 0.392 e. The van der Waals surface area contributed by atoms with Crippen LogP contribution in [0.3, 0.4) is 0 Å². The number of hydrogen-bond donors (Lipinski definition) is 2. The quantitative estimate of drug-likeness (QED) is 0.778. The Morgan fingerprint density at radius 1 is 1.25 bits per heavy atom. The molecule has 0 aromatic heterocycles. The van der Waals surface area contributed by atoms with Crippen LogP contribution in [-0.2, 0) is 6.54 Å². The summed E-state index contributed by atoms with van der Waals surface area (Å²) in [5, 5.41) is 12.8. The van der Waals surface area contributed by atoms with Crippen LogP contribution in [-0.4, -0.2) is 17.8 Å². The Labute approximate surface area is 96.5 Å². The van der Waals surface area contributed by atoms with Gasteiger partial charge < -0.3 is 10.4 Å². The van der Waals surface area contributed by atoms with Gasteiger partial charge in [-0.3, -0.25) is 0 Å². The summed E-state index contributed by atoms with van der Waals surface area (Å²) in [6.07, 6.45) is 0.497. The number of benzene rings is 1. The molecule has 0 saturated carbocycles. The van der Waals surface area contributed by atoms with Crippen LogP contribution in [0.15, 0.2) is 24.3 Å². The van der Waals surface area contributed by atoms with Gasteiger partial charge in [0.1, 0.15) is 5.82 Å². The molecule has 0 aliphatic heterocycles. The molecule has 1 aromatic rings. The summed E-state index contributed by atoms with van der Waals surface area (Å²) in [4.78, 5) is 0. The van der Waals surface area contributed by atoms with Gasteiger partial charge in [0, 0.05) is 13.1 Å². The van der Waals surface area contributed by atoms with Gasteiger partial charge >= 0.3 is 0 Å². The number of aliphatic hydroxyl groups excluding tert-OH is 1. The van der Waals surface area contributed by atoms with Gasteiger partial charge in [-0.25, -0.2) is 4.39 Å². The standard InChI is InChI=1S/C13H20FNO/c1-10(2)7-13(16)9-15-8-11-3-5-12(14)6-4-11/h3-6,10,13,15-16H,7-9H2,1-2H3. The van der Waals surface area contributed by atoms with Gasteiger partial charge in [-0.05, 0) is 30.0 Å². The highest BCUT2D eigenvalue weighted by molar-refractivity contribution is 5.15. The highest BCUT2D eigenvalue weighted by atomic mass is 19.1.